The van der Waals surface area contributed by atoms with Crippen molar-refractivity contribution in [3.8, 4) is 5.75 Å². The number of amides is 1. The SMILES string of the molecule is CN(C)[C@H]1C(=O)C(C(N)=O)C(=O)[C@@]2(O)C(=O)C3C(=O)c4c(O)ccc(C(=O)CNCC(C)(C)C)c4C[C@H]3C[C@@H]12. The summed E-state index contributed by atoms with van der Waals surface area (Å²) in [5.74, 6) is -11.5. The fourth-order valence-corrected chi connectivity index (χ4v) is 6.51. The molecule has 11 nitrogen and oxygen atoms in total. The number of hydrogen-bond acceptors (Lipinski definition) is 10. The van der Waals surface area contributed by atoms with E-state index < -0.39 is 70.1 Å². The van der Waals surface area contributed by atoms with Gasteiger partial charge in [0.05, 0.1) is 24.1 Å². The number of nitrogens with two attached hydrogens (primary N) is 1. The number of carbonyl (C=O) groups excluding carboxylic acids is 6. The third-order valence-corrected chi connectivity index (χ3v) is 8.19. The summed E-state index contributed by atoms with van der Waals surface area (Å²) in [4.78, 5) is 80.6. The molecule has 2 saturated carbocycles. The minimum Gasteiger partial charge on any atom is -0.507 e. The lowest BCUT2D eigenvalue weighted by Gasteiger charge is -2.52. The summed E-state index contributed by atoms with van der Waals surface area (Å²) in [7, 11) is 3.04. The average Bonchev–Trinajstić information content (AvgIpc) is 2.80. The van der Waals surface area contributed by atoms with Gasteiger partial charge in [0.2, 0.25) is 5.91 Å². The van der Waals surface area contributed by atoms with Gasteiger partial charge >= 0.3 is 0 Å². The highest BCUT2D eigenvalue weighted by Crippen LogP contribution is 2.51. The van der Waals surface area contributed by atoms with Crippen molar-refractivity contribution < 1.29 is 39.0 Å². The van der Waals surface area contributed by atoms with Crippen LogP contribution in [-0.4, -0.2) is 88.8 Å². The van der Waals surface area contributed by atoms with E-state index in [9.17, 15) is 39.0 Å². The van der Waals surface area contributed by atoms with E-state index in [0.717, 1.165) is 0 Å². The number of rotatable bonds is 6. The molecule has 0 aromatic heterocycles. The van der Waals surface area contributed by atoms with Gasteiger partial charge in [0, 0.05) is 18.0 Å². The molecular weight excluding hydrogens is 506 g/mol. The summed E-state index contributed by atoms with van der Waals surface area (Å²) in [6.45, 7) is 6.61. The Kier molecular flexibility index (Phi) is 7.16. The number of ketones is 5. The maximum atomic E-state index is 13.8. The summed E-state index contributed by atoms with van der Waals surface area (Å²) >= 11 is 0. The van der Waals surface area contributed by atoms with Crippen LogP contribution in [0.1, 0.15) is 53.5 Å². The van der Waals surface area contributed by atoms with Gasteiger partial charge < -0.3 is 21.3 Å². The number of nitrogens with zero attached hydrogens (tertiary/aromatic N) is 1. The molecule has 1 amide bonds. The molecule has 5 N–H and O–H groups in total. The first-order chi connectivity index (χ1) is 18.0. The Morgan fingerprint density at radius 3 is 2.33 bits per heavy atom. The van der Waals surface area contributed by atoms with Gasteiger partial charge in [0.25, 0.3) is 0 Å². The van der Waals surface area contributed by atoms with Crippen LogP contribution in [-0.2, 0) is 25.6 Å². The monoisotopic (exact) mass is 541 g/mol. The molecule has 0 aliphatic heterocycles. The Morgan fingerprint density at radius 1 is 1.13 bits per heavy atom. The van der Waals surface area contributed by atoms with E-state index >= 15 is 0 Å². The van der Waals surface area contributed by atoms with Gasteiger partial charge in [-0.3, -0.25) is 33.7 Å². The number of fused-ring (bicyclic) bond motifs is 3. The van der Waals surface area contributed by atoms with E-state index in [4.69, 9.17) is 5.73 Å². The highest BCUT2D eigenvalue weighted by Gasteiger charge is 2.69. The Bertz CT molecular complexity index is 1300. The normalized spacial score (nSPS) is 30.6. The zero-order valence-electron chi connectivity index (χ0n) is 22.7. The average molecular weight is 542 g/mol. The number of hydrogen-bond donors (Lipinski definition) is 4. The number of nitrogens with one attached hydrogen (secondary N) is 1. The maximum Gasteiger partial charge on any atom is 0.235 e. The topological polar surface area (TPSA) is 184 Å². The maximum absolute atomic E-state index is 13.8. The minimum absolute atomic E-state index is 0.00170. The second-order valence-corrected chi connectivity index (χ2v) is 12.4. The van der Waals surface area contributed by atoms with Crippen LogP contribution < -0.4 is 11.1 Å². The van der Waals surface area contributed by atoms with Gasteiger partial charge in [0.15, 0.2) is 40.4 Å². The summed E-state index contributed by atoms with van der Waals surface area (Å²) in [6.07, 6.45) is -0.0317. The van der Waals surface area contributed by atoms with E-state index in [1.165, 1.54) is 31.1 Å². The number of phenolic OH excluding ortho intramolecular Hbond substituents is 1. The summed E-state index contributed by atoms with van der Waals surface area (Å²) in [6, 6.07) is 1.48. The molecule has 2 unspecified atom stereocenters. The molecule has 0 bridgehead atoms. The molecule has 0 spiro atoms. The second-order valence-electron chi connectivity index (χ2n) is 12.4. The molecule has 6 atom stereocenters. The van der Waals surface area contributed by atoms with Gasteiger partial charge in [-0.25, -0.2) is 0 Å². The van der Waals surface area contributed by atoms with Crippen LogP contribution in [0.4, 0.5) is 0 Å². The summed E-state index contributed by atoms with van der Waals surface area (Å²) in [5, 5.41) is 25.3. The quantitative estimate of drug-likeness (QED) is 0.275. The number of aromatic hydroxyl groups is 1. The van der Waals surface area contributed by atoms with Gasteiger partial charge in [-0.2, -0.15) is 0 Å². The predicted molar refractivity (Wildman–Crippen MR) is 138 cm³/mol. The summed E-state index contributed by atoms with van der Waals surface area (Å²) in [5.41, 5.74) is 2.82. The molecular formula is C28H35N3O8. The van der Waals surface area contributed by atoms with Crippen LogP contribution in [0.5, 0.6) is 5.75 Å². The lowest BCUT2D eigenvalue weighted by Crippen LogP contribution is -2.74. The molecule has 39 heavy (non-hydrogen) atoms. The zero-order valence-corrected chi connectivity index (χ0v) is 22.7. The molecule has 4 rings (SSSR count). The fraction of sp³-hybridized carbons (Fsp3) is 0.571. The number of phenols is 1. The number of primary amides is 1. The summed E-state index contributed by atoms with van der Waals surface area (Å²) < 4.78 is 0. The van der Waals surface area contributed by atoms with Crippen molar-refractivity contribution in [3.05, 3.63) is 28.8 Å². The predicted octanol–water partition coefficient (Wildman–Crippen LogP) is -0.315. The fourth-order valence-electron chi connectivity index (χ4n) is 6.51. The van der Waals surface area contributed by atoms with Crippen LogP contribution in [0, 0.1) is 29.1 Å². The Morgan fingerprint density at radius 2 is 1.77 bits per heavy atom. The van der Waals surface area contributed by atoms with Crippen LogP contribution >= 0.6 is 0 Å². The molecule has 3 aliphatic rings. The first kappa shape index (κ1) is 28.7. The molecule has 1 aromatic carbocycles. The van der Waals surface area contributed by atoms with Crippen LogP contribution in [0.3, 0.4) is 0 Å². The minimum atomic E-state index is -2.78. The molecule has 2 fully saturated rings. The number of aliphatic hydroxyl groups is 1. The van der Waals surface area contributed by atoms with E-state index in [2.05, 4.69) is 5.32 Å². The van der Waals surface area contributed by atoms with Crippen molar-refractivity contribution in [1.82, 2.24) is 10.2 Å². The van der Waals surface area contributed by atoms with Crippen molar-refractivity contribution in [3.63, 3.8) is 0 Å². The van der Waals surface area contributed by atoms with Gasteiger partial charge in [-0.05, 0) is 56.0 Å². The number of Topliss-reactive ketones (excluding diaryl/α,β-unsaturated/α-hetero) is 5. The van der Waals surface area contributed by atoms with Crippen molar-refractivity contribution in [2.45, 2.75) is 45.3 Å². The molecule has 0 heterocycles. The Hall–Kier alpha value is -3.28. The lowest BCUT2D eigenvalue weighted by atomic mass is 9.52. The van der Waals surface area contributed by atoms with Gasteiger partial charge in [0.1, 0.15) is 5.75 Å². The largest absolute Gasteiger partial charge is 0.507 e. The van der Waals surface area contributed by atoms with Crippen molar-refractivity contribution in [2.75, 3.05) is 27.2 Å². The highest BCUT2D eigenvalue weighted by atomic mass is 16.3. The van der Waals surface area contributed by atoms with E-state index in [1.54, 1.807) is 0 Å². The number of likely N-dealkylation sites (N-methyl/N-ethyl adjacent to an activating group) is 1. The third kappa shape index (κ3) is 4.52. The van der Waals surface area contributed by atoms with E-state index in [0.29, 0.717) is 12.1 Å². The van der Waals surface area contributed by atoms with Gasteiger partial charge in [-0.15, -0.1) is 0 Å². The molecule has 0 radical (unpaired) electrons. The van der Waals surface area contributed by atoms with Crippen molar-refractivity contribution in [2.24, 2.45) is 34.8 Å². The number of carbonyl (C=O) groups is 6. The highest BCUT2D eigenvalue weighted by molar-refractivity contribution is 6.32. The smallest absolute Gasteiger partial charge is 0.235 e. The van der Waals surface area contributed by atoms with E-state index in [1.807, 2.05) is 20.8 Å². The van der Waals surface area contributed by atoms with E-state index in [-0.39, 0.29) is 41.7 Å². The molecule has 3 aliphatic carbocycles. The third-order valence-electron chi connectivity index (χ3n) is 8.19. The Balaban J connectivity index is 1.77. The molecule has 11 heteroatoms. The van der Waals surface area contributed by atoms with Crippen LogP contribution in [0.25, 0.3) is 0 Å². The van der Waals surface area contributed by atoms with Crippen molar-refractivity contribution >= 4 is 34.8 Å². The first-order valence-corrected chi connectivity index (χ1v) is 13.0. The number of benzene rings is 1. The second kappa shape index (κ2) is 9.72. The van der Waals surface area contributed by atoms with Crippen LogP contribution in [0.15, 0.2) is 12.1 Å². The van der Waals surface area contributed by atoms with Crippen LogP contribution in [0.2, 0.25) is 0 Å². The van der Waals surface area contributed by atoms with Gasteiger partial charge in [-0.1, -0.05) is 20.8 Å². The standard InChI is InChI=1S/C28H35N3O8/c1-27(2,3)11-30-10-17(33)13-6-7-16(32)19-14(13)8-12-9-15-21(31(4)5)23(35)20(26(29)38)25(37)28(15,39)24(36)18(12)22(19)34/h6-7,12,15,18,20-21,30,32,39H,8-11H2,1-5H3,(H2,29,38)/t12-,15-,18?,20?,21+,28-/m0/s1. The molecule has 210 valence electrons. The van der Waals surface area contributed by atoms with Crippen molar-refractivity contribution in [1.29, 1.82) is 0 Å². The Labute approximate surface area is 226 Å². The first-order valence-electron chi connectivity index (χ1n) is 13.0. The lowest BCUT2D eigenvalue weighted by molar-refractivity contribution is -0.181. The zero-order chi connectivity index (χ0) is 29.2. The molecule has 0 saturated heterocycles. The molecule has 1 aromatic rings.